The van der Waals surface area contributed by atoms with Gasteiger partial charge in [-0.3, -0.25) is 0 Å². The van der Waals surface area contributed by atoms with E-state index in [1.54, 1.807) is 12.1 Å². The topological polar surface area (TPSA) is 57.5 Å². The van der Waals surface area contributed by atoms with Crippen molar-refractivity contribution < 1.29 is 15.0 Å². The highest BCUT2D eigenvalue weighted by atomic mass is 16.4. The normalized spacial score (nSPS) is 16.4. The molecule has 0 aliphatic heterocycles. The second kappa shape index (κ2) is 8.22. The molecule has 0 atom stereocenters. The molecular formula is C29H32O3. The highest BCUT2D eigenvalue weighted by molar-refractivity contribution is 5.88. The van der Waals surface area contributed by atoms with E-state index in [0.29, 0.717) is 6.42 Å². The minimum atomic E-state index is -0.921. The lowest BCUT2D eigenvalue weighted by Gasteiger charge is -2.42. The smallest absolute Gasteiger partial charge is 0.335 e. The van der Waals surface area contributed by atoms with E-state index < -0.39 is 5.97 Å². The van der Waals surface area contributed by atoms with Crippen molar-refractivity contribution in [2.75, 3.05) is 6.61 Å². The summed E-state index contributed by atoms with van der Waals surface area (Å²) in [5, 5.41) is 18.8. The van der Waals surface area contributed by atoms with Crippen LogP contribution in [0.1, 0.15) is 67.6 Å². The van der Waals surface area contributed by atoms with Crippen LogP contribution in [0.2, 0.25) is 0 Å². The third kappa shape index (κ3) is 4.10. The Morgan fingerprint density at radius 2 is 1.38 bits per heavy atom. The fraction of sp³-hybridized carbons (Fsp3) is 0.345. The summed E-state index contributed by atoms with van der Waals surface area (Å²) in [6.07, 6.45) is 2.94. The Labute approximate surface area is 190 Å². The zero-order valence-corrected chi connectivity index (χ0v) is 19.4. The number of carbonyl (C=O) groups is 1. The van der Waals surface area contributed by atoms with Crippen molar-refractivity contribution in [2.24, 2.45) is 0 Å². The van der Waals surface area contributed by atoms with Gasteiger partial charge in [0.15, 0.2) is 0 Å². The van der Waals surface area contributed by atoms with Crippen LogP contribution in [-0.4, -0.2) is 22.8 Å². The molecule has 0 spiro atoms. The number of rotatable bonds is 5. The summed E-state index contributed by atoms with van der Waals surface area (Å²) in [6, 6.07) is 20.2. The van der Waals surface area contributed by atoms with Crippen molar-refractivity contribution >= 4 is 5.97 Å². The van der Waals surface area contributed by atoms with E-state index in [0.717, 1.165) is 28.7 Å². The summed E-state index contributed by atoms with van der Waals surface area (Å²) in [5.41, 5.74) is 8.86. The molecule has 1 aliphatic carbocycles. The van der Waals surface area contributed by atoms with Crippen LogP contribution in [0.4, 0.5) is 0 Å². The number of aliphatic hydroxyl groups is 1. The first-order valence-corrected chi connectivity index (χ1v) is 11.4. The Balaban J connectivity index is 1.84. The largest absolute Gasteiger partial charge is 0.478 e. The van der Waals surface area contributed by atoms with Gasteiger partial charge in [-0.15, -0.1) is 0 Å². The zero-order chi connectivity index (χ0) is 23.1. The minimum Gasteiger partial charge on any atom is -0.478 e. The maximum atomic E-state index is 11.2. The van der Waals surface area contributed by atoms with E-state index in [1.807, 2.05) is 12.1 Å². The van der Waals surface area contributed by atoms with Crippen molar-refractivity contribution in [3.8, 4) is 22.3 Å². The first-order chi connectivity index (χ1) is 15.1. The summed E-state index contributed by atoms with van der Waals surface area (Å²) < 4.78 is 0. The van der Waals surface area contributed by atoms with Crippen molar-refractivity contribution in [3.63, 3.8) is 0 Å². The van der Waals surface area contributed by atoms with Crippen LogP contribution in [0.15, 0.2) is 60.7 Å². The van der Waals surface area contributed by atoms with Crippen LogP contribution in [0.25, 0.3) is 22.3 Å². The molecule has 32 heavy (non-hydrogen) atoms. The van der Waals surface area contributed by atoms with Gasteiger partial charge in [-0.05, 0) is 87.2 Å². The summed E-state index contributed by atoms with van der Waals surface area (Å²) >= 11 is 0. The molecular weight excluding hydrogens is 396 g/mol. The summed E-state index contributed by atoms with van der Waals surface area (Å²) in [4.78, 5) is 11.2. The number of carboxylic acids is 1. The van der Waals surface area contributed by atoms with Gasteiger partial charge in [0.05, 0.1) is 5.56 Å². The number of hydrogen-bond donors (Lipinski definition) is 2. The van der Waals surface area contributed by atoms with Crippen molar-refractivity contribution in [1.82, 2.24) is 0 Å². The lowest BCUT2D eigenvalue weighted by molar-refractivity contribution is 0.0697. The molecule has 0 saturated heterocycles. The number of carboxylic acid groups (broad SMARTS) is 1. The molecule has 1 aliphatic rings. The summed E-state index contributed by atoms with van der Waals surface area (Å²) in [6.45, 7) is 9.43. The molecule has 3 heteroatoms. The van der Waals surface area contributed by atoms with Gasteiger partial charge < -0.3 is 10.2 Å². The monoisotopic (exact) mass is 428 g/mol. The van der Waals surface area contributed by atoms with Crippen molar-refractivity contribution in [3.05, 3.63) is 82.9 Å². The SMILES string of the molecule is CC1(C)CCC(C)(C)c2cc(-c3cc(-c4ccc(C(=O)O)cc4)ccc3CCO)ccc21. The summed E-state index contributed by atoms with van der Waals surface area (Å²) in [7, 11) is 0. The van der Waals surface area contributed by atoms with Gasteiger partial charge in [0, 0.05) is 6.61 Å². The summed E-state index contributed by atoms with van der Waals surface area (Å²) in [5.74, 6) is -0.921. The fourth-order valence-corrected chi connectivity index (χ4v) is 4.92. The quantitative estimate of drug-likeness (QED) is 0.481. The first-order valence-electron chi connectivity index (χ1n) is 11.4. The van der Waals surface area contributed by atoms with Gasteiger partial charge in [-0.2, -0.15) is 0 Å². The van der Waals surface area contributed by atoms with E-state index in [2.05, 4.69) is 64.1 Å². The molecule has 3 nitrogen and oxygen atoms in total. The molecule has 3 aromatic rings. The predicted molar refractivity (Wildman–Crippen MR) is 130 cm³/mol. The zero-order valence-electron chi connectivity index (χ0n) is 19.4. The molecule has 0 fully saturated rings. The Bertz CT molecular complexity index is 1150. The maximum absolute atomic E-state index is 11.2. The molecule has 0 amide bonds. The number of aliphatic hydroxyl groups excluding tert-OH is 1. The van der Waals surface area contributed by atoms with E-state index in [1.165, 1.54) is 23.1 Å². The van der Waals surface area contributed by atoms with Crippen LogP contribution in [-0.2, 0) is 17.3 Å². The van der Waals surface area contributed by atoms with Gasteiger partial charge in [0.2, 0.25) is 0 Å². The number of benzene rings is 3. The third-order valence-corrected chi connectivity index (χ3v) is 7.12. The molecule has 0 aromatic heterocycles. The van der Waals surface area contributed by atoms with Crippen LogP contribution in [0.5, 0.6) is 0 Å². The van der Waals surface area contributed by atoms with E-state index in [-0.39, 0.29) is 23.0 Å². The van der Waals surface area contributed by atoms with Crippen LogP contribution < -0.4 is 0 Å². The molecule has 2 N–H and O–H groups in total. The second-order valence-corrected chi connectivity index (χ2v) is 10.3. The molecule has 4 rings (SSSR count). The number of aromatic carboxylic acids is 1. The third-order valence-electron chi connectivity index (χ3n) is 7.12. The van der Waals surface area contributed by atoms with Crippen LogP contribution in [0.3, 0.4) is 0 Å². The fourth-order valence-electron chi connectivity index (χ4n) is 4.92. The Morgan fingerprint density at radius 1 is 0.781 bits per heavy atom. The average Bonchev–Trinajstić information content (AvgIpc) is 2.77. The van der Waals surface area contributed by atoms with Gasteiger partial charge in [0.1, 0.15) is 0 Å². The van der Waals surface area contributed by atoms with E-state index >= 15 is 0 Å². The van der Waals surface area contributed by atoms with Gasteiger partial charge in [-0.25, -0.2) is 4.79 Å². The predicted octanol–water partition coefficient (Wildman–Crippen LogP) is 6.60. The van der Waals surface area contributed by atoms with Crippen molar-refractivity contribution in [1.29, 1.82) is 0 Å². The highest BCUT2D eigenvalue weighted by Crippen LogP contribution is 2.47. The lowest BCUT2D eigenvalue weighted by Crippen LogP contribution is -2.33. The number of hydrogen-bond acceptors (Lipinski definition) is 2. The average molecular weight is 429 g/mol. The number of fused-ring (bicyclic) bond motifs is 1. The molecule has 0 radical (unpaired) electrons. The Kier molecular flexibility index (Phi) is 5.72. The lowest BCUT2D eigenvalue weighted by atomic mass is 9.63. The standard InChI is InChI=1S/C29H32O3/c1-28(2)14-15-29(3,4)26-18-23(11-12-25(26)28)24-17-22(10-7-20(24)13-16-30)19-5-8-21(9-6-19)27(31)32/h5-12,17-18,30H,13-16H2,1-4H3,(H,31,32). The Morgan fingerprint density at radius 3 is 2.00 bits per heavy atom. The second-order valence-electron chi connectivity index (χ2n) is 10.3. The molecule has 166 valence electrons. The minimum absolute atomic E-state index is 0.100. The molecule has 0 heterocycles. The van der Waals surface area contributed by atoms with Gasteiger partial charge in [0.25, 0.3) is 0 Å². The Hall–Kier alpha value is -2.91. The maximum Gasteiger partial charge on any atom is 0.335 e. The first kappa shape index (κ1) is 22.3. The van der Waals surface area contributed by atoms with Gasteiger partial charge >= 0.3 is 5.97 Å². The van der Waals surface area contributed by atoms with E-state index in [9.17, 15) is 15.0 Å². The van der Waals surface area contributed by atoms with E-state index in [4.69, 9.17) is 0 Å². The molecule has 3 aromatic carbocycles. The van der Waals surface area contributed by atoms with Gasteiger partial charge in [-0.1, -0.05) is 70.2 Å². The molecule has 0 unspecified atom stereocenters. The molecule has 0 saturated carbocycles. The molecule has 0 bridgehead atoms. The highest BCUT2D eigenvalue weighted by Gasteiger charge is 2.37. The van der Waals surface area contributed by atoms with Crippen LogP contribution in [0, 0.1) is 0 Å². The van der Waals surface area contributed by atoms with Crippen molar-refractivity contribution in [2.45, 2.75) is 57.8 Å². The van der Waals surface area contributed by atoms with Crippen LogP contribution >= 0.6 is 0 Å².